The Labute approximate surface area is 160 Å². The molecule has 2 aliphatic heterocycles. The molecule has 2 aromatic rings. The van der Waals surface area contributed by atoms with Crippen molar-refractivity contribution in [2.45, 2.75) is 32.0 Å². The van der Waals surface area contributed by atoms with E-state index in [2.05, 4.69) is 19.9 Å². The lowest BCUT2D eigenvalue weighted by molar-refractivity contribution is -0.141. The van der Waals surface area contributed by atoms with Crippen LogP contribution in [-0.4, -0.2) is 70.7 Å². The van der Waals surface area contributed by atoms with E-state index >= 15 is 0 Å². The Balaban J connectivity index is 1.40. The number of anilines is 1. The number of hydrogen-bond donors (Lipinski definition) is 2. The lowest BCUT2D eigenvalue weighted by atomic mass is 9.86. The van der Waals surface area contributed by atoms with Gasteiger partial charge in [0.2, 0.25) is 5.91 Å². The summed E-state index contributed by atoms with van der Waals surface area (Å²) >= 11 is 0. The maximum atomic E-state index is 12.3. The molecule has 1 amide bonds. The fourth-order valence-electron chi connectivity index (χ4n) is 4.36. The summed E-state index contributed by atoms with van der Waals surface area (Å²) in [7, 11) is 0. The molecule has 0 radical (unpaired) electrons. The summed E-state index contributed by atoms with van der Waals surface area (Å²) in [5.74, 6) is 0.326. The van der Waals surface area contributed by atoms with Gasteiger partial charge in [-0.1, -0.05) is 0 Å². The first-order valence-corrected chi connectivity index (χ1v) is 9.38. The van der Waals surface area contributed by atoms with Gasteiger partial charge in [0.15, 0.2) is 0 Å². The van der Waals surface area contributed by atoms with E-state index in [4.69, 9.17) is 0 Å². The zero-order chi connectivity index (χ0) is 19.9. The summed E-state index contributed by atoms with van der Waals surface area (Å²) in [6.45, 7) is 3.47. The molecule has 0 aliphatic carbocycles. The van der Waals surface area contributed by atoms with Gasteiger partial charge in [-0.25, -0.2) is 9.97 Å². The minimum atomic E-state index is -4.39. The van der Waals surface area contributed by atoms with Crippen molar-refractivity contribution in [3.63, 3.8) is 0 Å². The topological polar surface area (TPSA) is 77.2 Å². The molecule has 2 aliphatic rings. The summed E-state index contributed by atoms with van der Waals surface area (Å²) in [6.07, 6.45) is 0.882. The second-order valence-electron chi connectivity index (χ2n) is 7.84. The fourth-order valence-corrected chi connectivity index (χ4v) is 4.36. The average Bonchev–Trinajstić information content (AvgIpc) is 3.38. The third-order valence-electron chi connectivity index (χ3n) is 5.93. The first-order valence-electron chi connectivity index (χ1n) is 9.38. The molecule has 0 bridgehead atoms. The van der Waals surface area contributed by atoms with Crippen molar-refractivity contribution in [2.75, 3.05) is 37.6 Å². The number of likely N-dealkylation sites (tertiary alicyclic amines) is 1. The van der Waals surface area contributed by atoms with E-state index in [-0.39, 0.29) is 5.41 Å². The number of alkyl halides is 3. The molecule has 28 heavy (non-hydrogen) atoms. The van der Waals surface area contributed by atoms with Crippen LogP contribution in [0.25, 0.3) is 11.0 Å². The number of carbonyl (C=O) groups is 1. The molecule has 2 fully saturated rings. The van der Waals surface area contributed by atoms with Gasteiger partial charge in [-0.05, 0) is 32.4 Å². The zero-order valence-electron chi connectivity index (χ0n) is 15.6. The number of hydrogen-bond acceptors (Lipinski definition) is 5. The molecule has 2 saturated heterocycles. The Morgan fingerprint density at radius 2 is 2.11 bits per heavy atom. The maximum absolute atomic E-state index is 12.3. The Bertz CT molecular complexity index is 868. The molecule has 4 heterocycles. The molecule has 0 aromatic carbocycles. The number of amides is 1. The molecular weight excluding hydrogens is 373 g/mol. The third-order valence-corrected chi connectivity index (χ3v) is 5.93. The Morgan fingerprint density at radius 1 is 1.32 bits per heavy atom. The van der Waals surface area contributed by atoms with Crippen molar-refractivity contribution >= 4 is 22.8 Å². The maximum Gasteiger partial charge on any atom is 0.405 e. The first-order chi connectivity index (χ1) is 13.3. The van der Waals surface area contributed by atoms with Gasteiger partial charge in [-0.2, -0.15) is 13.2 Å². The smallest absolute Gasteiger partial charge is 0.355 e. The predicted octanol–water partition coefficient (Wildman–Crippen LogP) is 1.93. The van der Waals surface area contributed by atoms with Crippen molar-refractivity contribution in [2.24, 2.45) is 5.41 Å². The SMILES string of the molecule is CC(C(=O)NCC(F)(F)F)N1CCC2(CCN(c3ncnc4[nH]ccc34)C2)C1. The molecule has 2 aromatic heterocycles. The molecule has 1 spiro atoms. The monoisotopic (exact) mass is 396 g/mol. The van der Waals surface area contributed by atoms with Crippen LogP contribution in [-0.2, 0) is 4.79 Å². The number of carbonyl (C=O) groups excluding carboxylic acids is 1. The minimum Gasteiger partial charge on any atom is -0.355 e. The van der Waals surface area contributed by atoms with Gasteiger partial charge in [-0.15, -0.1) is 0 Å². The Hall–Kier alpha value is -2.36. The molecule has 2 atom stereocenters. The van der Waals surface area contributed by atoms with Crippen LogP contribution in [0.1, 0.15) is 19.8 Å². The number of aromatic amines is 1. The van der Waals surface area contributed by atoms with Crippen LogP contribution >= 0.6 is 0 Å². The van der Waals surface area contributed by atoms with Crippen LogP contribution in [0.15, 0.2) is 18.6 Å². The molecule has 2 N–H and O–H groups in total. The summed E-state index contributed by atoms with van der Waals surface area (Å²) in [5.41, 5.74) is 0.834. The van der Waals surface area contributed by atoms with Crippen LogP contribution in [0.3, 0.4) is 0 Å². The summed E-state index contributed by atoms with van der Waals surface area (Å²) < 4.78 is 37.0. The molecule has 152 valence electrons. The van der Waals surface area contributed by atoms with E-state index in [1.807, 2.05) is 22.5 Å². The van der Waals surface area contributed by atoms with E-state index in [1.54, 1.807) is 13.3 Å². The van der Waals surface area contributed by atoms with Crippen molar-refractivity contribution in [3.8, 4) is 0 Å². The van der Waals surface area contributed by atoms with Gasteiger partial charge in [0.25, 0.3) is 0 Å². The number of fused-ring (bicyclic) bond motifs is 1. The number of nitrogens with one attached hydrogen (secondary N) is 2. The van der Waals surface area contributed by atoms with Crippen LogP contribution in [0.5, 0.6) is 0 Å². The number of aromatic nitrogens is 3. The highest BCUT2D eigenvalue weighted by atomic mass is 19.4. The van der Waals surface area contributed by atoms with Gasteiger partial charge >= 0.3 is 6.18 Å². The minimum absolute atomic E-state index is 0.0339. The standard InChI is InChI=1S/C18H23F3N6O/c1-12(16(28)23-8-18(19,20)21)26-6-3-17(9-26)4-7-27(10-17)15-13-2-5-22-14(13)24-11-25-15/h2,5,11-12H,3-4,6-10H2,1H3,(H,23,28)(H,22,24,25). The first kappa shape index (κ1) is 19.0. The van der Waals surface area contributed by atoms with Crippen molar-refractivity contribution in [1.29, 1.82) is 0 Å². The van der Waals surface area contributed by atoms with E-state index in [0.29, 0.717) is 13.1 Å². The fraction of sp³-hybridized carbons (Fsp3) is 0.611. The molecule has 4 rings (SSSR count). The number of nitrogens with zero attached hydrogens (tertiary/aromatic N) is 4. The van der Waals surface area contributed by atoms with Gasteiger partial charge in [-0.3, -0.25) is 9.69 Å². The van der Waals surface area contributed by atoms with Crippen molar-refractivity contribution in [3.05, 3.63) is 18.6 Å². The molecular formula is C18H23F3N6O. The van der Waals surface area contributed by atoms with Crippen molar-refractivity contribution < 1.29 is 18.0 Å². The van der Waals surface area contributed by atoms with E-state index < -0.39 is 24.7 Å². The number of halogens is 3. The van der Waals surface area contributed by atoms with Gasteiger partial charge in [0.05, 0.1) is 11.4 Å². The van der Waals surface area contributed by atoms with E-state index in [9.17, 15) is 18.0 Å². The highest BCUT2D eigenvalue weighted by Gasteiger charge is 2.46. The normalized spacial score (nSPS) is 24.4. The second kappa shape index (κ2) is 6.91. The summed E-state index contributed by atoms with van der Waals surface area (Å²) in [4.78, 5) is 28.1. The lowest BCUT2D eigenvalue weighted by Crippen LogP contribution is -2.47. The highest BCUT2D eigenvalue weighted by Crippen LogP contribution is 2.42. The van der Waals surface area contributed by atoms with Gasteiger partial charge in [0.1, 0.15) is 24.3 Å². The highest BCUT2D eigenvalue weighted by molar-refractivity contribution is 5.87. The van der Waals surface area contributed by atoms with E-state index in [1.165, 1.54) is 0 Å². The van der Waals surface area contributed by atoms with Crippen LogP contribution in [0.2, 0.25) is 0 Å². The second-order valence-corrected chi connectivity index (χ2v) is 7.84. The predicted molar refractivity (Wildman–Crippen MR) is 97.9 cm³/mol. The van der Waals surface area contributed by atoms with Crippen LogP contribution in [0.4, 0.5) is 19.0 Å². The van der Waals surface area contributed by atoms with E-state index in [0.717, 1.165) is 42.8 Å². The summed E-state index contributed by atoms with van der Waals surface area (Å²) in [5, 5.41) is 2.97. The van der Waals surface area contributed by atoms with Crippen LogP contribution < -0.4 is 10.2 Å². The Morgan fingerprint density at radius 3 is 2.89 bits per heavy atom. The van der Waals surface area contributed by atoms with Gasteiger partial charge in [0, 0.05) is 31.2 Å². The lowest BCUT2D eigenvalue weighted by Gasteiger charge is -2.28. The zero-order valence-corrected chi connectivity index (χ0v) is 15.6. The largest absolute Gasteiger partial charge is 0.405 e. The van der Waals surface area contributed by atoms with Crippen molar-refractivity contribution in [1.82, 2.24) is 25.2 Å². The third kappa shape index (κ3) is 3.65. The van der Waals surface area contributed by atoms with Gasteiger partial charge < -0.3 is 15.2 Å². The molecule has 10 heteroatoms. The molecule has 2 unspecified atom stereocenters. The average molecular weight is 396 g/mol. The molecule has 0 saturated carbocycles. The summed E-state index contributed by atoms with van der Waals surface area (Å²) in [6, 6.07) is 1.38. The van der Waals surface area contributed by atoms with Crippen LogP contribution in [0, 0.1) is 5.41 Å². The quantitative estimate of drug-likeness (QED) is 0.826. The number of H-pyrrole nitrogens is 1. The number of rotatable bonds is 4. The Kier molecular flexibility index (Phi) is 4.68. The molecule has 7 nitrogen and oxygen atoms in total.